The maximum Gasteiger partial charge on any atom is 0.417 e. The van der Waals surface area contributed by atoms with Gasteiger partial charge in [-0.05, 0) is 12.1 Å². The number of hydrogen-bond donors (Lipinski definition) is 1. The highest BCUT2D eigenvalue weighted by atomic mass is 19.4. The molecule has 0 saturated heterocycles. The highest BCUT2D eigenvalue weighted by Gasteiger charge is 2.34. The van der Waals surface area contributed by atoms with Crippen molar-refractivity contribution in [2.24, 2.45) is 0 Å². The molecule has 2 rings (SSSR count). The summed E-state index contributed by atoms with van der Waals surface area (Å²) in [6.07, 6.45) is -4.63. The molecular weight excluding hydrogens is 295 g/mol. The van der Waals surface area contributed by atoms with E-state index < -0.39 is 23.2 Å². The van der Waals surface area contributed by atoms with Crippen LogP contribution in [0.4, 0.5) is 13.2 Å². The molecule has 0 heterocycles. The molecule has 2 aromatic rings. The zero-order valence-corrected chi connectivity index (χ0v) is 11.4. The van der Waals surface area contributed by atoms with Gasteiger partial charge in [0.2, 0.25) is 0 Å². The van der Waals surface area contributed by atoms with Gasteiger partial charge in [-0.15, -0.1) is 0 Å². The van der Waals surface area contributed by atoms with Gasteiger partial charge in [0.1, 0.15) is 0 Å². The molecule has 0 atom stereocenters. The molecule has 0 radical (unpaired) electrons. The Morgan fingerprint density at radius 2 is 1.50 bits per heavy atom. The number of rotatable bonds is 4. The molecule has 0 bridgehead atoms. The zero-order chi connectivity index (χ0) is 16.2. The summed E-state index contributed by atoms with van der Waals surface area (Å²) >= 11 is 0. The molecule has 6 heteroatoms. The molecule has 0 unspecified atom stereocenters. The summed E-state index contributed by atoms with van der Waals surface area (Å²) < 4.78 is 38.5. The summed E-state index contributed by atoms with van der Waals surface area (Å²) in [5, 5.41) is 2.22. The minimum Gasteiger partial charge on any atom is -0.345 e. The number of benzene rings is 2. The number of ketones is 1. The van der Waals surface area contributed by atoms with Gasteiger partial charge in [-0.2, -0.15) is 13.2 Å². The van der Waals surface area contributed by atoms with Crippen molar-refractivity contribution < 1.29 is 22.8 Å². The fourth-order valence-electron chi connectivity index (χ4n) is 1.91. The lowest BCUT2D eigenvalue weighted by atomic mass is 10.1. The van der Waals surface area contributed by atoms with E-state index in [1.807, 2.05) is 0 Å². The van der Waals surface area contributed by atoms with E-state index in [1.54, 1.807) is 30.3 Å². The van der Waals surface area contributed by atoms with Gasteiger partial charge in [0.15, 0.2) is 5.78 Å². The molecule has 2 aromatic carbocycles. The van der Waals surface area contributed by atoms with Crippen molar-refractivity contribution in [3.05, 3.63) is 71.3 Å². The molecule has 114 valence electrons. The summed E-state index contributed by atoms with van der Waals surface area (Å²) in [4.78, 5) is 23.7. The zero-order valence-electron chi connectivity index (χ0n) is 11.4. The highest BCUT2D eigenvalue weighted by Crippen LogP contribution is 2.31. The lowest BCUT2D eigenvalue weighted by molar-refractivity contribution is -0.137. The van der Waals surface area contributed by atoms with Crippen molar-refractivity contribution in [1.29, 1.82) is 0 Å². The number of nitrogens with one attached hydrogen (secondary N) is 1. The number of amides is 1. The molecular formula is C16H12F3NO2. The Morgan fingerprint density at radius 3 is 2.14 bits per heavy atom. The Hall–Kier alpha value is -2.63. The predicted molar refractivity (Wildman–Crippen MR) is 74.5 cm³/mol. The molecule has 0 saturated carbocycles. The van der Waals surface area contributed by atoms with Crippen LogP contribution in [0.2, 0.25) is 0 Å². The molecule has 3 nitrogen and oxygen atoms in total. The second-order valence-corrected chi connectivity index (χ2v) is 4.52. The minimum atomic E-state index is -4.63. The topological polar surface area (TPSA) is 46.2 Å². The van der Waals surface area contributed by atoms with Crippen LogP contribution in [0, 0.1) is 0 Å². The Morgan fingerprint density at radius 1 is 0.909 bits per heavy atom. The van der Waals surface area contributed by atoms with Gasteiger partial charge in [-0.1, -0.05) is 42.5 Å². The number of alkyl halides is 3. The van der Waals surface area contributed by atoms with Crippen molar-refractivity contribution >= 4 is 11.7 Å². The van der Waals surface area contributed by atoms with Crippen LogP contribution in [-0.4, -0.2) is 18.2 Å². The summed E-state index contributed by atoms with van der Waals surface area (Å²) in [5.41, 5.74) is -1.15. The smallest absolute Gasteiger partial charge is 0.345 e. The number of halogens is 3. The molecule has 0 spiro atoms. The molecule has 0 aliphatic heterocycles. The van der Waals surface area contributed by atoms with Crippen LogP contribution in [0.1, 0.15) is 26.3 Å². The first-order chi connectivity index (χ1) is 10.4. The molecule has 22 heavy (non-hydrogen) atoms. The van der Waals surface area contributed by atoms with Crippen LogP contribution in [0.15, 0.2) is 54.6 Å². The monoisotopic (exact) mass is 307 g/mol. The van der Waals surface area contributed by atoms with Gasteiger partial charge < -0.3 is 5.32 Å². The van der Waals surface area contributed by atoms with Crippen LogP contribution >= 0.6 is 0 Å². The molecule has 1 amide bonds. The lowest BCUT2D eigenvalue weighted by Gasteiger charge is -2.12. The Bertz CT molecular complexity index is 681. The van der Waals surface area contributed by atoms with E-state index in [0.717, 1.165) is 12.1 Å². The SMILES string of the molecule is O=C(CNC(=O)c1ccccc1C(F)(F)F)c1ccccc1. The minimum absolute atomic E-state index is 0.366. The predicted octanol–water partition coefficient (Wildman–Crippen LogP) is 3.32. The normalized spacial score (nSPS) is 11.0. The highest BCUT2D eigenvalue weighted by molar-refractivity contribution is 6.02. The Labute approximate surface area is 124 Å². The van der Waals surface area contributed by atoms with Crippen LogP contribution in [-0.2, 0) is 6.18 Å². The number of carbonyl (C=O) groups excluding carboxylic acids is 2. The summed E-state index contributed by atoms with van der Waals surface area (Å²) in [6, 6.07) is 12.6. The van der Waals surface area contributed by atoms with E-state index in [4.69, 9.17) is 0 Å². The van der Waals surface area contributed by atoms with E-state index in [0.29, 0.717) is 5.56 Å². The van der Waals surface area contributed by atoms with Gasteiger partial charge in [0, 0.05) is 5.56 Å². The molecule has 0 fully saturated rings. The number of hydrogen-bond acceptors (Lipinski definition) is 2. The second-order valence-electron chi connectivity index (χ2n) is 4.52. The largest absolute Gasteiger partial charge is 0.417 e. The lowest BCUT2D eigenvalue weighted by Crippen LogP contribution is -2.31. The van der Waals surface area contributed by atoms with Crippen LogP contribution in [0.5, 0.6) is 0 Å². The third-order valence-corrected chi connectivity index (χ3v) is 2.98. The van der Waals surface area contributed by atoms with Gasteiger partial charge in [0.05, 0.1) is 17.7 Å². The first-order valence-electron chi connectivity index (χ1n) is 6.42. The van der Waals surface area contributed by atoms with Crippen molar-refractivity contribution in [3.63, 3.8) is 0 Å². The Kier molecular flexibility index (Phi) is 4.60. The Balaban J connectivity index is 2.09. The first-order valence-corrected chi connectivity index (χ1v) is 6.42. The number of Topliss-reactive ketones (excluding diaryl/α,β-unsaturated/α-hetero) is 1. The average Bonchev–Trinajstić information content (AvgIpc) is 2.52. The van der Waals surface area contributed by atoms with Crippen LogP contribution < -0.4 is 5.32 Å². The van der Waals surface area contributed by atoms with Gasteiger partial charge in [0.25, 0.3) is 5.91 Å². The van der Waals surface area contributed by atoms with Crippen molar-refractivity contribution in [3.8, 4) is 0 Å². The summed E-state index contributed by atoms with van der Waals surface area (Å²) in [7, 11) is 0. The second kappa shape index (κ2) is 6.43. The van der Waals surface area contributed by atoms with Crippen molar-refractivity contribution in [2.75, 3.05) is 6.54 Å². The molecule has 1 N–H and O–H groups in total. The van der Waals surface area contributed by atoms with Crippen LogP contribution in [0.3, 0.4) is 0 Å². The third kappa shape index (κ3) is 3.72. The standard InChI is InChI=1S/C16H12F3NO2/c17-16(18,19)13-9-5-4-8-12(13)15(22)20-10-14(21)11-6-2-1-3-7-11/h1-9H,10H2,(H,20,22). The summed E-state index contributed by atoms with van der Waals surface area (Å²) in [5.74, 6) is -1.31. The number of carbonyl (C=O) groups is 2. The first kappa shape index (κ1) is 15.8. The van der Waals surface area contributed by atoms with Crippen molar-refractivity contribution in [2.45, 2.75) is 6.18 Å². The van der Waals surface area contributed by atoms with E-state index in [2.05, 4.69) is 5.32 Å². The van der Waals surface area contributed by atoms with Crippen LogP contribution in [0.25, 0.3) is 0 Å². The molecule has 0 aliphatic rings. The maximum atomic E-state index is 12.8. The van der Waals surface area contributed by atoms with E-state index >= 15 is 0 Å². The van der Waals surface area contributed by atoms with Crippen molar-refractivity contribution in [1.82, 2.24) is 5.32 Å². The maximum absolute atomic E-state index is 12.8. The molecule has 0 aromatic heterocycles. The third-order valence-electron chi connectivity index (χ3n) is 2.98. The summed E-state index contributed by atoms with van der Waals surface area (Å²) in [6.45, 7) is -0.366. The fourth-order valence-corrected chi connectivity index (χ4v) is 1.91. The average molecular weight is 307 g/mol. The van der Waals surface area contributed by atoms with Gasteiger partial charge in [-0.25, -0.2) is 0 Å². The quantitative estimate of drug-likeness (QED) is 0.881. The van der Waals surface area contributed by atoms with Gasteiger partial charge in [-0.3, -0.25) is 9.59 Å². The fraction of sp³-hybridized carbons (Fsp3) is 0.125. The molecule has 0 aliphatic carbocycles. The van der Waals surface area contributed by atoms with E-state index in [1.165, 1.54) is 12.1 Å². The van der Waals surface area contributed by atoms with E-state index in [9.17, 15) is 22.8 Å². The van der Waals surface area contributed by atoms with Gasteiger partial charge >= 0.3 is 6.18 Å². The van der Waals surface area contributed by atoms with E-state index in [-0.39, 0.29) is 12.3 Å².